The minimum atomic E-state index is -0.477. The van der Waals surface area contributed by atoms with Gasteiger partial charge in [-0.3, -0.25) is 14.4 Å². The highest BCUT2D eigenvalue weighted by atomic mass is 32.2. The zero-order valence-corrected chi connectivity index (χ0v) is 21.1. The number of ketones is 1. The number of benzene rings is 1. The summed E-state index contributed by atoms with van der Waals surface area (Å²) in [4.78, 5) is 37.2. The van der Waals surface area contributed by atoms with Crippen molar-refractivity contribution in [2.75, 3.05) is 18.9 Å². The number of hydrogen-bond donors (Lipinski definition) is 2. The second kappa shape index (κ2) is 15.2. The summed E-state index contributed by atoms with van der Waals surface area (Å²) < 4.78 is 10.5. The fourth-order valence-electron chi connectivity index (χ4n) is 3.24. The number of amides is 2. The summed E-state index contributed by atoms with van der Waals surface area (Å²) in [6, 6.07) is 10.6. The Morgan fingerprint density at radius 3 is 2.50 bits per heavy atom. The Morgan fingerprint density at radius 2 is 1.82 bits per heavy atom. The van der Waals surface area contributed by atoms with Gasteiger partial charge in [0.25, 0.3) is 5.91 Å². The van der Waals surface area contributed by atoms with Crippen LogP contribution in [0.2, 0.25) is 0 Å². The lowest BCUT2D eigenvalue weighted by Gasteiger charge is -2.20. The van der Waals surface area contributed by atoms with Crippen LogP contribution in [-0.2, 0) is 20.1 Å². The number of thioether (sulfide) groups is 1. The Kier molecular flexibility index (Phi) is 12.3. The molecule has 0 aliphatic rings. The van der Waals surface area contributed by atoms with Crippen LogP contribution in [-0.4, -0.2) is 42.5 Å². The topological polar surface area (TPSA) is 97.6 Å². The molecule has 34 heavy (non-hydrogen) atoms. The molecule has 7 nitrogen and oxygen atoms in total. The second-order valence-electron chi connectivity index (χ2n) is 8.89. The van der Waals surface area contributed by atoms with E-state index in [2.05, 4.69) is 10.6 Å². The Balaban J connectivity index is 1.66. The molecule has 186 valence electrons. The van der Waals surface area contributed by atoms with Crippen LogP contribution in [0.15, 0.2) is 53.3 Å². The van der Waals surface area contributed by atoms with Gasteiger partial charge in [0.15, 0.2) is 12.4 Å². The van der Waals surface area contributed by atoms with Gasteiger partial charge >= 0.3 is 0 Å². The molecule has 0 aliphatic carbocycles. The average molecular weight is 489 g/mol. The Labute approximate surface area is 206 Å². The molecule has 2 atom stereocenters. The molecule has 8 heteroatoms. The lowest BCUT2D eigenvalue weighted by molar-refractivity contribution is -0.127. The number of carbonyl (C=O) groups is 3. The standard InChI is InChI=1S/C26H36N2O5S/c1-19(2)13-23(24(29)18-34-17-21-11-12-32-15-21)28-25(30)10-9-20(3)14-27-26(31)16-33-22-7-5-4-6-8-22/h4-8,11-12,15,19-20,23H,9-10,13-14,16-18H2,1-3H3,(H,27,31)(H,28,30)/t20-,23?/m0/s1. The highest BCUT2D eigenvalue weighted by molar-refractivity contribution is 7.99. The van der Waals surface area contributed by atoms with Crippen molar-refractivity contribution in [1.82, 2.24) is 10.6 Å². The third-order valence-corrected chi connectivity index (χ3v) is 6.18. The van der Waals surface area contributed by atoms with E-state index >= 15 is 0 Å². The summed E-state index contributed by atoms with van der Waals surface area (Å²) >= 11 is 1.52. The number of Topliss-reactive ketones (excluding diaryl/α,β-unsaturated/α-hetero) is 1. The minimum absolute atomic E-state index is 0.0364. The molecule has 0 bridgehead atoms. The largest absolute Gasteiger partial charge is 0.484 e. The zero-order valence-electron chi connectivity index (χ0n) is 20.3. The van der Waals surface area contributed by atoms with Crippen molar-refractivity contribution in [2.24, 2.45) is 11.8 Å². The molecule has 1 aromatic carbocycles. The number of carbonyl (C=O) groups excluding carboxylic acids is 3. The zero-order chi connectivity index (χ0) is 24.8. The van der Waals surface area contributed by atoms with Crippen LogP contribution >= 0.6 is 11.8 Å². The van der Waals surface area contributed by atoms with E-state index < -0.39 is 6.04 Å². The molecule has 1 unspecified atom stereocenters. The van der Waals surface area contributed by atoms with Gasteiger partial charge in [0.2, 0.25) is 5.91 Å². The first-order valence-corrected chi connectivity index (χ1v) is 12.8. The van der Waals surface area contributed by atoms with Gasteiger partial charge in [-0.25, -0.2) is 0 Å². The van der Waals surface area contributed by atoms with E-state index in [0.29, 0.717) is 49.0 Å². The summed E-state index contributed by atoms with van der Waals surface area (Å²) in [6.45, 7) is 6.47. The van der Waals surface area contributed by atoms with E-state index in [1.165, 1.54) is 11.8 Å². The first-order valence-electron chi connectivity index (χ1n) is 11.7. The van der Waals surface area contributed by atoms with Gasteiger partial charge in [-0.1, -0.05) is 39.0 Å². The van der Waals surface area contributed by atoms with Gasteiger partial charge in [-0.2, -0.15) is 0 Å². The van der Waals surface area contributed by atoms with E-state index in [9.17, 15) is 14.4 Å². The van der Waals surface area contributed by atoms with Crippen LogP contribution in [0, 0.1) is 11.8 Å². The van der Waals surface area contributed by atoms with E-state index in [0.717, 1.165) is 5.56 Å². The molecule has 0 radical (unpaired) electrons. The Morgan fingerprint density at radius 1 is 1.06 bits per heavy atom. The van der Waals surface area contributed by atoms with Gasteiger partial charge in [0.1, 0.15) is 5.75 Å². The van der Waals surface area contributed by atoms with Crippen molar-refractivity contribution in [3.63, 3.8) is 0 Å². The molecular weight excluding hydrogens is 452 g/mol. The van der Waals surface area contributed by atoms with Crippen molar-refractivity contribution in [3.05, 3.63) is 54.5 Å². The Hall–Kier alpha value is -2.74. The predicted molar refractivity (Wildman–Crippen MR) is 135 cm³/mol. The third-order valence-electron chi connectivity index (χ3n) is 5.15. The summed E-state index contributed by atoms with van der Waals surface area (Å²) in [6.07, 6.45) is 4.82. The van der Waals surface area contributed by atoms with Crippen molar-refractivity contribution >= 4 is 29.4 Å². The third kappa shape index (κ3) is 11.4. The van der Waals surface area contributed by atoms with Crippen molar-refractivity contribution in [1.29, 1.82) is 0 Å². The van der Waals surface area contributed by atoms with E-state index in [4.69, 9.17) is 9.15 Å². The average Bonchev–Trinajstić information content (AvgIpc) is 3.33. The smallest absolute Gasteiger partial charge is 0.257 e. The van der Waals surface area contributed by atoms with Crippen LogP contribution in [0.4, 0.5) is 0 Å². The number of nitrogens with one attached hydrogen (secondary N) is 2. The predicted octanol–water partition coefficient (Wildman–Crippen LogP) is 4.22. The second-order valence-corrected chi connectivity index (χ2v) is 9.88. The normalized spacial score (nSPS) is 12.7. The van der Waals surface area contributed by atoms with Gasteiger partial charge in [0, 0.05) is 24.3 Å². The molecule has 0 spiro atoms. The van der Waals surface area contributed by atoms with Crippen LogP contribution in [0.5, 0.6) is 5.75 Å². The summed E-state index contributed by atoms with van der Waals surface area (Å²) in [7, 11) is 0. The monoisotopic (exact) mass is 488 g/mol. The van der Waals surface area contributed by atoms with Crippen LogP contribution in [0.25, 0.3) is 0 Å². The molecule has 1 heterocycles. The van der Waals surface area contributed by atoms with Gasteiger partial charge < -0.3 is 19.8 Å². The molecule has 2 rings (SSSR count). The van der Waals surface area contributed by atoms with Gasteiger partial charge in [0.05, 0.1) is 24.3 Å². The quantitative estimate of drug-likeness (QED) is 0.367. The van der Waals surface area contributed by atoms with Crippen LogP contribution < -0.4 is 15.4 Å². The molecule has 2 N–H and O–H groups in total. The maximum Gasteiger partial charge on any atom is 0.257 e. The van der Waals surface area contributed by atoms with Crippen molar-refractivity contribution < 1.29 is 23.5 Å². The highest BCUT2D eigenvalue weighted by Gasteiger charge is 2.22. The lowest BCUT2D eigenvalue weighted by atomic mass is 10.00. The Bertz CT molecular complexity index is 871. The fraction of sp³-hybridized carbons (Fsp3) is 0.500. The minimum Gasteiger partial charge on any atom is -0.484 e. The maximum atomic E-state index is 12.7. The van der Waals surface area contributed by atoms with Gasteiger partial charge in [-0.05, 0) is 42.9 Å². The SMILES string of the molecule is CC(C)CC(NC(=O)CC[C@H](C)CNC(=O)COc1ccccc1)C(=O)CSCc1ccoc1. The van der Waals surface area contributed by atoms with E-state index in [1.54, 1.807) is 24.7 Å². The first-order chi connectivity index (χ1) is 16.3. The highest BCUT2D eigenvalue weighted by Crippen LogP contribution is 2.15. The molecule has 0 fully saturated rings. The van der Waals surface area contributed by atoms with Gasteiger partial charge in [-0.15, -0.1) is 11.8 Å². The number of ether oxygens (including phenoxy) is 1. The van der Waals surface area contributed by atoms with Crippen molar-refractivity contribution in [3.8, 4) is 5.75 Å². The first kappa shape index (κ1) is 27.5. The number of furan rings is 1. The van der Waals surface area contributed by atoms with E-state index in [-0.39, 0.29) is 30.1 Å². The molecule has 1 aromatic heterocycles. The summed E-state index contributed by atoms with van der Waals surface area (Å²) in [5, 5.41) is 5.76. The molecule has 0 saturated heterocycles. The van der Waals surface area contributed by atoms with Crippen molar-refractivity contribution in [2.45, 2.75) is 51.8 Å². The summed E-state index contributed by atoms with van der Waals surface area (Å²) in [5.74, 6) is 1.80. The number of para-hydroxylation sites is 1. The molecule has 0 saturated carbocycles. The van der Waals surface area contributed by atoms with E-state index in [1.807, 2.05) is 45.0 Å². The molecule has 2 amide bonds. The molecule has 0 aliphatic heterocycles. The summed E-state index contributed by atoms with van der Waals surface area (Å²) in [5.41, 5.74) is 1.04. The maximum absolute atomic E-state index is 12.7. The molecular formula is C26H36N2O5S. The van der Waals surface area contributed by atoms with Crippen LogP contribution in [0.1, 0.15) is 45.6 Å². The molecule has 2 aromatic rings. The number of hydrogen-bond acceptors (Lipinski definition) is 6. The number of rotatable bonds is 16. The van der Waals surface area contributed by atoms with Crippen LogP contribution in [0.3, 0.4) is 0 Å². The lowest BCUT2D eigenvalue weighted by Crippen LogP contribution is -2.42. The fourth-order valence-corrected chi connectivity index (χ4v) is 4.14.